The van der Waals surface area contributed by atoms with Crippen LogP contribution in [0.3, 0.4) is 0 Å². The van der Waals surface area contributed by atoms with Crippen LogP contribution in [0.15, 0.2) is 0 Å². The summed E-state index contributed by atoms with van der Waals surface area (Å²) in [4.78, 5) is 46.2. The Morgan fingerprint density at radius 3 is 2.44 bits per heavy atom. The molecule has 7 nitrogen and oxygen atoms in total. The van der Waals surface area contributed by atoms with Gasteiger partial charge in [-0.2, -0.15) is 4.90 Å². The monoisotopic (exact) mass is 256 g/mol. The van der Waals surface area contributed by atoms with Crippen LogP contribution in [0.2, 0.25) is 0 Å². The second-order valence-corrected chi connectivity index (χ2v) is 4.57. The lowest BCUT2D eigenvalue weighted by Crippen LogP contribution is -2.65. The van der Waals surface area contributed by atoms with Gasteiger partial charge in [-0.3, -0.25) is 14.9 Å². The molecule has 0 aromatic heterocycles. The zero-order chi connectivity index (χ0) is 14.1. The van der Waals surface area contributed by atoms with Gasteiger partial charge in [0.25, 0.3) is 5.91 Å². The van der Waals surface area contributed by atoms with Gasteiger partial charge in [-0.25, -0.2) is 9.59 Å². The van der Waals surface area contributed by atoms with Crippen molar-refractivity contribution in [1.29, 1.82) is 0 Å². The molecule has 5 amide bonds. The van der Waals surface area contributed by atoms with Crippen LogP contribution < -0.4 is 5.32 Å². The van der Waals surface area contributed by atoms with Gasteiger partial charge in [0.05, 0.1) is 0 Å². The maximum absolute atomic E-state index is 12.1. The first-order valence-electron chi connectivity index (χ1n) is 5.69. The van der Waals surface area contributed by atoms with E-state index in [0.717, 1.165) is 6.42 Å². The molecule has 2 N–H and O–H groups in total. The van der Waals surface area contributed by atoms with E-state index in [1.54, 1.807) is 6.92 Å². The van der Waals surface area contributed by atoms with Crippen LogP contribution in [-0.2, 0) is 9.59 Å². The maximum Gasteiger partial charge on any atom is 0.422 e. The van der Waals surface area contributed by atoms with Gasteiger partial charge in [-0.05, 0) is 19.3 Å². The molecule has 7 heteroatoms. The molecular weight excluding hydrogens is 240 g/mol. The highest BCUT2D eigenvalue weighted by molar-refractivity contribution is 6.24. The average molecular weight is 256 g/mol. The van der Waals surface area contributed by atoms with Crippen LogP contribution >= 0.6 is 0 Å². The van der Waals surface area contributed by atoms with Gasteiger partial charge in [0.2, 0.25) is 5.91 Å². The SMILES string of the molecule is CCCC(C)C1(C)C(=O)NC(=O)N(C(=O)O)C1=O. The van der Waals surface area contributed by atoms with Crippen molar-refractivity contribution >= 4 is 23.9 Å². The highest BCUT2D eigenvalue weighted by Gasteiger charge is 2.55. The molecule has 1 rings (SSSR count). The number of nitrogens with one attached hydrogen (secondary N) is 1. The molecule has 1 aliphatic rings. The maximum atomic E-state index is 12.1. The summed E-state index contributed by atoms with van der Waals surface area (Å²) < 4.78 is 0. The summed E-state index contributed by atoms with van der Waals surface area (Å²) in [6, 6.07) is -1.21. The number of barbiturate groups is 1. The van der Waals surface area contributed by atoms with Crippen molar-refractivity contribution < 1.29 is 24.3 Å². The van der Waals surface area contributed by atoms with E-state index >= 15 is 0 Å². The molecule has 0 aromatic rings. The predicted molar refractivity (Wildman–Crippen MR) is 60.6 cm³/mol. The first-order chi connectivity index (χ1) is 8.26. The number of urea groups is 1. The van der Waals surface area contributed by atoms with Crippen LogP contribution in [0.1, 0.15) is 33.6 Å². The molecule has 1 fully saturated rings. The Kier molecular flexibility index (Phi) is 3.73. The van der Waals surface area contributed by atoms with Crippen molar-refractivity contribution in [3.8, 4) is 0 Å². The van der Waals surface area contributed by atoms with Crippen molar-refractivity contribution in [2.24, 2.45) is 11.3 Å². The van der Waals surface area contributed by atoms with Gasteiger partial charge < -0.3 is 5.11 Å². The van der Waals surface area contributed by atoms with Gasteiger partial charge in [0, 0.05) is 0 Å². The van der Waals surface area contributed by atoms with E-state index in [1.807, 2.05) is 12.2 Å². The lowest BCUT2D eigenvalue weighted by atomic mass is 9.73. The second-order valence-electron chi connectivity index (χ2n) is 4.57. The molecule has 100 valence electrons. The molecule has 0 aliphatic carbocycles. The molecule has 0 aromatic carbocycles. The van der Waals surface area contributed by atoms with E-state index in [1.165, 1.54) is 6.92 Å². The molecule has 1 heterocycles. The fourth-order valence-corrected chi connectivity index (χ4v) is 2.03. The van der Waals surface area contributed by atoms with Crippen molar-refractivity contribution in [1.82, 2.24) is 10.2 Å². The van der Waals surface area contributed by atoms with Crippen LogP contribution in [0.4, 0.5) is 9.59 Å². The number of rotatable bonds is 3. The Morgan fingerprint density at radius 1 is 1.44 bits per heavy atom. The Morgan fingerprint density at radius 2 is 2.00 bits per heavy atom. The Hall–Kier alpha value is -1.92. The van der Waals surface area contributed by atoms with E-state index in [0.29, 0.717) is 6.42 Å². The Balaban J connectivity index is 3.18. The molecule has 0 saturated carbocycles. The summed E-state index contributed by atoms with van der Waals surface area (Å²) in [5.41, 5.74) is -1.53. The topological polar surface area (TPSA) is 104 Å². The third kappa shape index (κ3) is 1.96. The molecule has 1 saturated heterocycles. The lowest BCUT2D eigenvalue weighted by molar-refractivity contribution is -0.152. The zero-order valence-electron chi connectivity index (χ0n) is 10.5. The minimum atomic E-state index is -1.68. The summed E-state index contributed by atoms with van der Waals surface area (Å²) >= 11 is 0. The minimum Gasteiger partial charge on any atom is -0.464 e. The van der Waals surface area contributed by atoms with Gasteiger partial charge in [0.1, 0.15) is 5.41 Å². The van der Waals surface area contributed by atoms with E-state index < -0.39 is 29.4 Å². The van der Waals surface area contributed by atoms with Crippen molar-refractivity contribution in [3.05, 3.63) is 0 Å². The third-order valence-electron chi connectivity index (χ3n) is 3.44. The predicted octanol–water partition coefficient (Wildman–Crippen LogP) is 1.19. The van der Waals surface area contributed by atoms with Crippen LogP contribution in [0.25, 0.3) is 0 Å². The fourth-order valence-electron chi connectivity index (χ4n) is 2.03. The molecule has 18 heavy (non-hydrogen) atoms. The van der Waals surface area contributed by atoms with Gasteiger partial charge in [0.15, 0.2) is 0 Å². The average Bonchev–Trinajstić information content (AvgIpc) is 2.25. The van der Waals surface area contributed by atoms with Gasteiger partial charge in [-0.15, -0.1) is 0 Å². The number of carbonyl (C=O) groups is 4. The third-order valence-corrected chi connectivity index (χ3v) is 3.44. The summed E-state index contributed by atoms with van der Waals surface area (Å²) in [6.07, 6.45) is -0.352. The van der Waals surface area contributed by atoms with Crippen LogP contribution in [-0.4, -0.2) is 33.9 Å². The number of hydrogen-bond acceptors (Lipinski definition) is 4. The molecule has 0 spiro atoms. The summed E-state index contributed by atoms with van der Waals surface area (Å²) in [5, 5.41) is 10.8. The number of amides is 5. The second kappa shape index (κ2) is 4.75. The number of imide groups is 4. The first kappa shape index (κ1) is 14.1. The molecule has 0 bridgehead atoms. The number of hydrogen-bond donors (Lipinski definition) is 2. The molecular formula is C11H16N2O5. The van der Waals surface area contributed by atoms with Crippen molar-refractivity contribution in [3.63, 3.8) is 0 Å². The summed E-state index contributed by atoms with van der Waals surface area (Å²) in [6.45, 7) is 4.95. The lowest BCUT2D eigenvalue weighted by Gasteiger charge is -2.38. The van der Waals surface area contributed by atoms with Crippen LogP contribution in [0, 0.1) is 11.3 Å². The fraction of sp³-hybridized carbons (Fsp3) is 0.636. The number of carboxylic acid groups (broad SMARTS) is 1. The highest BCUT2D eigenvalue weighted by Crippen LogP contribution is 2.35. The van der Waals surface area contributed by atoms with Crippen molar-refractivity contribution in [2.75, 3.05) is 0 Å². The minimum absolute atomic E-state index is 0.0631. The van der Waals surface area contributed by atoms with E-state index in [4.69, 9.17) is 5.11 Å². The van der Waals surface area contributed by atoms with E-state index in [9.17, 15) is 19.2 Å². The summed E-state index contributed by atoms with van der Waals surface area (Å²) in [5.74, 6) is -2.08. The molecule has 1 aliphatic heterocycles. The highest BCUT2D eigenvalue weighted by atomic mass is 16.4. The smallest absolute Gasteiger partial charge is 0.422 e. The standard InChI is InChI=1S/C11H16N2O5/c1-4-5-6(2)11(3)7(14)12-9(16)13(8(11)15)10(17)18/h6H,4-5H2,1-3H3,(H,17,18)(H,12,14,16). The van der Waals surface area contributed by atoms with E-state index in [-0.39, 0.29) is 10.8 Å². The van der Waals surface area contributed by atoms with Gasteiger partial charge in [-0.1, -0.05) is 20.3 Å². The molecule has 2 unspecified atom stereocenters. The zero-order valence-corrected chi connectivity index (χ0v) is 10.5. The van der Waals surface area contributed by atoms with Crippen LogP contribution in [0.5, 0.6) is 0 Å². The van der Waals surface area contributed by atoms with Crippen molar-refractivity contribution in [2.45, 2.75) is 33.6 Å². The number of nitrogens with zero attached hydrogens (tertiary/aromatic N) is 1. The normalized spacial score (nSPS) is 25.9. The number of carbonyl (C=O) groups excluding carboxylic acids is 3. The Bertz CT molecular complexity index is 420. The Labute approximate surface area is 104 Å². The quantitative estimate of drug-likeness (QED) is 0.738. The largest absolute Gasteiger partial charge is 0.464 e. The molecule has 2 atom stereocenters. The summed E-state index contributed by atoms with van der Waals surface area (Å²) in [7, 11) is 0. The first-order valence-corrected chi connectivity index (χ1v) is 5.69. The van der Waals surface area contributed by atoms with E-state index in [2.05, 4.69) is 0 Å². The van der Waals surface area contributed by atoms with Gasteiger partial charge >= 0.3 is 12.1 Å². The molecule has 0 radical (unpaired) electrons.